The van der Waals surface area contributed by atoms with E-state index in [9.17, 15) is 4.79 Å². The summed E-state index contributed by atoms with van der Waals surface area (Å²) in [5, 5.41) is 9.87. The molecule has 0 unspecified atom stereocenters. The van der Waals surface area contributed by atoms with Crippen LogP contribution >= 0.6 is 0 Å². The maximum absolute atomic E-state index is 10.6. The second-order valence-electron chi connectivity index (χ2n) is 7.47. The number of carbonyl (C=O) groups is 1. The fraction of sp³-hybridized carbons (Fsp3) is 0.120. The molecule has 6 nitrogen and oxygen atoms in total. The van der Waals surface area contributed by atoms with E-state index in [2.05, 4.69) is 46.4 Å². The minimum absolute atomic E-state index is 0.109. The normalized spacial score (nSPS) is 11.2. The predicted molar refractivity (Wildman–Crippen MR) is 121 cm³/mol. The first kappa shape index (κ1) is 18.9. The third kappa shape index (κ3) is 4.00. The van der Waals surface area contributed by atoms with Crippen molar-refractivity contribution in [1.29, 1.82) is 0 Å². The number of carboxylic acids is 1. The van der Waals surface area contributed by atoms with E-state index in [1.165, 1.54) is 5.39 Å². The Kier molecular flexibility index (Phi) is 4.88. The maximum atomic E-state index is 10.6. The Balaban J connectivity index is 1.35. The molecule has 0 saturated heterocycles. The van der Waals surface area contributed by atoms with Gasteiger partial charge in [0.05, 0.1) is 17.6 Å². The number of benzene rings is 3. The van der Waals surface area contributed by atoms with E-state index in [-0.39, 0.29) is 6.42 Å². The quantitative estimate of drug-likeness (QED) is 0.303. The number of aromatic amines is 2. The van der Waals surface area contributed by atoms with Crippen LogP contribution in [-0.2, 0) is 4.79 Å². The summed E-state index contributed by atoms with van der Waals surface area (Å²) >= 11 is 0. The number of hydrogen-bond donors (Lipinski definition) is 3. The average molecular weight is 411 g/mol. The summed E-state index contributed by atoms with van der Waals surface area (Å²) < 4.78 is 5.60. The zero-order valence-electron chi connectivity index (χ0n) is 16.8. The average Bonchev–Trinajstić information content (AvgIpc) is 3.42. The van der Waals surface area contributed by atoms with E-state index in [0.717, 1.165) is 39.1 Å². The van der Waals surface area contributed by atoms with Gasteiger partial charge < -0.3 is 19.8 Å². The summed E-state index contributed by atoms with van der Waals surface area (Å²) in [5.74, 6) is 0.704. The van der Waals surface area contributed by atoms with Crippen molar-refractivity contribution in [3.8, 4) is 28.3 Å². The van der Waals surface area contributed by atoms with Crippen LogP contribution in [0.1, 0.15) is 12.8 Å². The Morgan fingerprint density at radius 2 is 1.68 bits per heavy atom. The van der Waals surface area contributed by atoms with Gasteiger partial charge in [0.2, 0.25) is 0 Å². The van der Waals surface area contributed by atoms with Gasteiger partial charge in [-0.25, -0.2) is 4.98 Å². The Bertz CT molecular complexity index is 1370. The molecule has 31 heavy (non-hydrogen) atoms. The summed E-state index contributed by atoms with van der Waals surface area (Å²) in [6, 6.07) is 22.4. The summed E-state index contributed by atoms with van der Waals surface area (Å²) in [6.45, 7) is 0.383. The van der Waals surface area contributed by atoms with Gasteiger partial charge in [0.15, 0.2) is 0 Å². The molecule has 5 rings (SSSR count). The third-order valence-corrected chi connectivity index (χ3v) is 5.30. The second kappa shape index (κ2) is 7.99. The summed E-state index contributed by atoms with van der Waals surface area (Å²) in [6.07, 6.45) is 2.54. The lowest BCUT2D eigenvalue weighted by Crippen LogP contribution is -2.01. The Morgan fingerprint density at radius 3 is 2.52 bits per heavy atom. The topological polar surface area (TPSA) is 91.0 Å². The molecule has 154 valence electrons. The van der Waals surface area contributed by atoms with Crippen LogP contribution in [0.3, 0.4) is 0 Å². The first-order valence-corrected chi connectivity index (χ1v) is 10.2. The Morgan fingerprint density at radius 1 is 0.903 bits per heavy atom. The molecule has 0 aliphatic carbocycles. The van der Waals surface area contributed by atoms with Crippen molar-refractivity contribution >= 4 is 27.9 Å². The van der Waals surface area contributed by atoms with E-state index >= 15 is 0 Å². The predicted octanol–water partition coefficient (Wildman–Crippen LogP) is 5.62. The minimum atomic E-state index is -0.808. The van der Waals surface area contributed by atoms with Gasteiger partial charge in [-0.15, -0.1) is 0 Å². The number of imidazole rings is 1. The van der Waals surface area contributed by atoms with E-state index < -0.39 is 5.97 Å². The van der Waals surface area contributed by atoms with Crippen molar-refractivity contribution in [1.82, 2.24) is 15.0 Å². The molecule has 0 amide bonds. The van der Waals surface area contributed by atoms with Crippen LogP contribution in [-0.4, -0.2) is 32.6 Å². The molecule has 0 fully saturated rings. The standard InChI is InChI=1S/C25H21N3O3/c29-24(30)2-1-13-31-20-7-3-16(4-8-20)25-27-22-10-6-18(15-23(22)28-25)17-5-9-21-19(14-17)11-12-26-21/h3-12,14-15,26H,1-2,13H2,(H,27,28)(H,29,30). The van der Waals surface area contributed by atoms with Crippen LogP contribution in [0.5, 0.6) is 5.75 Å². The molecular formula is C25H21N3O3. The van der Waals surface area contributed by atoms with Gasteiger partial charge in [-0.2, -0.15) is 0 Å². The number of nitrogens with zero attached hydrogens (tertiary/aromatic N) is 1. The fourth-order valence-corrected chi connectivity index (χ4v) is 3.68. The van der Waals surface area contributed by atoms with Crippen LogP contribution < -0.4 is 4.74 Å². The van der Waals surface area contributed by atoms with Crippen molar-refractivity contribution in [2.45, 2.75) is 12.8 Å². The summed E-state index contributed by atoms with van der Waals surface area (Å²) in [5.41, 5.74) is 6.28. The number of aromatic nitrogens is 3. The molecule has 2 heterocycles. The van der Waals surface area contributed by atoms with Crippen LogP contribution in [0.2, 0.25) is 0 Å². The van der Waals surface area contributed by atoms with Gasteiger partial charge in [-0.1, -0.05) is 12.1 Å². The molecule has 0 radical (unpaired) electrons. The number of aliphatic carboxylic acids is 1. The highest BCUT2D eigenvalue weighted by Crippen LogP contribution is 2.28. The molecule has 0 saturated carbocycles. The van der Waals surface area contributed by atoms with Crippen molar-refractivity contribution in [2.24, 2.45) is 0 Å². The van der Waals surface area contributed by atoms with Gasteiger partial charge in [-0.3, -0.25) is 4.79 Å². The number of H-pyrrole nitrogens is 2. The highest BCUT2D eigenvalue weighted by atomic mass is 16.5. The summed E-state index contributed by atoms with van der Waals surface area (Å²) in [4.78, 5) is 21.9. The first-order chi connectivity index (χ1) is 15.2. The molecule has 0 aliphatic rings. The van der Waals surface area contributed by atoms with Crippen LogP contribution in [0, 0.1) is 0 Å². The number of carboxylic acid groups (broad SMARTS) is 1. The number of ether oxygens (including phenoxy) is 1. The molecule has 5 aromatic rings. The molecule has 3 aromatic carbocycles. The van der Waals surface area contributed by atoms with E-state index in [4.69, 9.17) is 14.8 Å². The lowest BCUT2D eigenvalue weighted by molar-refractivity contribution is -0.137. The van der Waals surface area contributed by atoms with Gasteiger partial charge >= 0.3 is 5.97 Å². The van der Waals surface area contributed by atoms with Gasteiger partial charge in [-0.05, 0) is 77.5 Å². The molecule has 0 spiro atoms. The highest BCUT2D eigenvalue weighted by Gasteiger charge is 2.08. The monoisotopic (exact) mass is 411 g/mol. The van der Waals surface area contributed by atoms with Crippen molar-refractivity contribution in [3.63, 3.8) is 0 Å². The lowest BCUT2D eigenvalue weighted by atomic mass is 10.0. The van der Waals surface area contributed by atoms with Gasteiger partial charge in [0.1, 0.15) is 11.6 Å². The number of hydrogen-bond acceptors (Lipinski definition) is 3. The summed E-state index contributed by atoms with van der Waals surface area (Å²) in [7, 11) is 0. The zero-order chi connectivity index (χ0) is 21.2. The first-order valence-electron chi connectivity index (χ1n) is 10.2. The Labute approximate surface area is 178 Å². The van der Waals surface area contributed by atoms with Gasteiger partial charge in [0, 0.05) is 23.7 Å². The lowest BCUT2D eigenvalue weighted by Gasteiger charge is -2.05. The molecule has 0 atom stereocenters. The SMILES string of the molecule is O=C(O)CCCOc1ccc(-c2nc3ccc(-c4ccc5[nH]ccc5c4)cc3[nH]2)cc1. The van der Waals surface area contributed by atoms with Crippen LogP contribution in [0.4, 0.5) is 0 Å². The minimum Gasteiger partial charge on any atom is -0.494 e. The van der Waals surface area contributed by atoms with Crippen LogP contribution in [0.15, 0.2) is 72.9 Å². The zero-order valence-corrected chi connectivity index (χ0v) is 16.8. The maximum Gasteiger partial charge on any atom is 0.303 e. The molecule has 3 N–H and O–H groups in total. The fourth-order valence-electron chi connectivity index (χ4n) is 3.68. The van der Waals surface area contributed by atoms with Crippen LogP contribution in [0.25, 0.3) is 44.5 Å². The highest BCUT2D eigenvalue weighted by molar-refractivity contribution is 5.88. The Hall–Kier alpha value is -4.06. The van der Waals surface area contributed by atoms with Crippen molar-refractivity contribution in [2.75, 3.05) is 6.61 Å². The van der Waals surface area contributed by atoms with E-state index in [1.807, 2.05) is 36.5 Å². The third-order valence-electron chi connectivity index (χ3n) is 5.30. The molecular weight excluding hydrogens is 390 g/mol. The number of nitrogens with one attached hydrogen (secondary N) is 2. The molecule has 2 aromatic heterocycles. The molecule has 6 heteroatoms. The molecule has 0 aliphatic heterocycles. The number of fused-ring (bicyclic) bond motifs is 2. The van der Waals surface area contributed by atoms with Crippen molar-refractivity contribution < 1.29 is 14.6 Å². The van der Waals surface area contributed by atoms with Gasteiger partial charge in [0.25, 0.3) is 0 Å². The van der Waals surface area contributed by atoms with Crippen molar-refractivity contribution in [3.05, 3.63) is 72.9 Å². The smallest absolute Gasteiger partial charge is 0.303 e. The van der Waals surface area contributed by atoms with E-state index in [0.29, 0.717) is 18.8 Å². The molecule has 0 bridgehead atoms. The largest absolute Gasteiger partial charge is 0.494 e. The number of rotatable bonds is 7. The second-order valence-corrected chi connectivity index (χ2v) is 7.47. The van der Waals surface area contributed by atoms with E-state index in [1.54, 1.807) is 0 Å².